The minimum absolute atomic E-state index is 0.0316. The molecule has 23 heavy (non-hydrogen) atoms. The van der Waals surface area contributed by atoms with Gasteiger partial charge in [0.15, 0.2) is 5.82 Å². The highest BCUT2D eigenvalue weighted by Crippen LogP contribution is 2.41. The van der Waals surface area contributed by atoms with Crippen LogP contribution in [0.5, 0.6) is 0 Å². The fraction of sp³-hybridized carbons (Fsp3) is 0.611. The third kappa shape index (κ3) is 2.90. The van der Waals surface area contributed by atoms with E-state index in [1.807, 2.05) is 4.68 Å². The predicted octanol–water partition coefficient (Wildman–Crippen LogP) is 3.47. The van der Waals surface area contributed by atoms with E-state index in [2.05, 4.69) is 65.5 Å². The fourth-order valence-electron chi connectivity index (χ4n) is 3.98. The standard InChI is InChI=1S/C18H27N5/c1-4-22(5-2)18(13-7-6-8-14-18)17-19-20-21-23(17)16-11-9-15(3)10-12-16/h9-12H,4-8,13-14H2,1-3H3. The van der Waals surface area contributed by atoms with E-state index in [0.29, 0.717) is 0 Å². The van der Waals surface area contributed by atoms with Crippen molar-refractivity contribution in [3.05, 3.63) is 35.7 Å². The molecular formula is C18H27N5. The van der Waals surface area contributed by atoms with Crippen molar-refractivity contribution in [1.29, 1.82) is 0 Å². The Morgan fingerprint density at radius 2 is 1.70 bits per heavy atom. The van der Waals surface area contributed by atoms with Gasteiger partial charge >= 0.3 is 0 Å². The molecule has 2 aromatic rings. The van der Waals surface area contributed by atoms with Crippen LogP contribution in [0.15, 0.2) is 24.3 Å². The summed E-state index contributed by atoms with van der Waals surface area (Å²) in [5, 5.41) is 12.8. The van der Waals surface area contributed by atoms with Crippen molar-refractivity contribution in [3.8, 4) is 5.69 Å². The molecule has 5 nitrogen and oxygen atoms in total. The summed E-state index contributed by atoms with van der Waals surface area (Å²) < 4.78 is 1.95. The van der Waals surface area contributed by atoms with Gasteiger partial charge in [0.2, 0.25) is 0 Å². The summed E-state index contributed by atoms with van der Waals surface area (Å²) in [5.74, 6) is 1.00. The van der Waals surface area contributed by atoms with E-state index in [1.165, 1.54) is 24.8 Å². The van der Waals surface area contributed by atoms with Gasteiger partial charge in [0.05, 0.1) is 11.2 Å². The molecule has 0 atom stereocenters. The first kappa shape index (κ1) is 16.1. The first-order valence-corrected chi connectivity index (χ1v) is 8.82. The zero-order valence-corrected chi connectivity index (χ0v) is 14.5. The first-order valence-electron chi connectivity index (χ1n) is 8.82. The zero-order valence-electron chi connectivity index (χ0n) is 14.5. The predicted molar refractivity (Wildman–Crippen MR) is 91.6 cm³/mol. The molecule has 0 aliphatic heterocycles. The topological polar surface area (TPSA) is 46.8 Å². The quantitative estimate of drug-likeness (QED) is 0.848. The van der Waals surface area contributed by atoms with Gasteiger partial charge in [-0.05, 0) is 55.4 Å². The first-order chi connectivity index (χ1) is 11.2. The van der Waals surface area contributed by atoms with Gasteiger partial charge in [-0.3, -0.25) is 4.90 Å². The van der Waals surface area contributed by atoms with Crippen molar-refractivity contribution < 1.29 is 0 Å². The number of tetrazole rings is 1. The number of rotatable bonds is 5. The van der Waals surface area contributed by atoms with Gasteiger partial charge in [0.25, 0.3) is 0 Å². The molecule has 1 aliphatic carbocycles. The number of aromatic nitrogens is 4. The summed E-state index contributed by atoms with van der Waals surface area (Å²) in [5.41, 5.74) is 2.27. The van der Waals surface area contributed by atoms with Crippen LogP contribution in [-0.4, -0.2) is 38.2 Å². The molecule has 1 saturated carbocycles. The lowest BCUT2D eigenvalue weighted by atomic mass is 9.79. The second-order valence-corrected chi connectivity index (χ2v) is 6.51. The Labute approximate surface area is 138 Å². The molecule has 0 amide bonds. The molecule has 0 bridgehead atoms. The van der Waals surface area contributed by atoms with Crippen molar-refractivity contribution in [2.75, 3.05) is 13.1 Å². The van der Waals surface area contributed by atoms with E-state index in [0.717, 1.165) is 37.4 Å². The summed E-state index contributed by atoms with van der Waals surface area (Å²) in [6.45, 7) is 8.62. The van der Waals surface area contributed by atoms with Crippen LogP contribution >= 0.6 is 0 Å². The van der Waals surface area contributed by atoms with Crippen LogP contribution in [0.25, 0.3) is 5.69 Å². The lowest BCUT2D eigenvalue weighted by Crippen LogP contribution is -2.49. The van der Waals surface area contributed by atoms with Crippen molar-refractivity contribution in [1.82, 2.24) is 25.1 Å². The largest absolute Gasteiger partial charge is 0.291 e. The Hall–Kier alpha value is -1.75. The zero-order chi connectivity index (χ0) is 16.3. The SMILES string of the molecule is CCN(CC)C1(c2nnnn2-c2ccc(C)cc2)CCCCC1. The lowest BCUT2D eigenvalue weighted by Gasteiger charge is -2.44. The third-order valence-corrected chi connectivity index (χ3v) is 5.21. The van der Waals surface area contributed by atoms with Crippen LogP contribution in [-0.2, 0) is 5.54 Å². The van der Waals surface area contributed by atoms with Crippen LogP contribution in [0, 0.1) is 6.92 Å². The van der Waals surface area contributed by atoms with Gasteiger partial charge in [0.1, 0.15) is 0 Å². The van der Waals surface area contributed by atoms with Crippen LogP contribution in [0.4, 0.5) is 0 Å². The van der Waals surface area contributed by atoms with E-state index in [4.69, 9.17) is 0 Å². The Kier molecular flexibility index (Phi) is 4.76. The van der Waals surface area contributed by atoms with Gasteiger partial charge in [0, 0.05) is 0 Å². The Morgan fingerprint density at radius 3 is 2.30 bits per heavy atom. The Bertz CT molecular complexity index is 621. The third-order valence-electron chi connectivity index (χ3n) is 5.21. The highest BCUT2D eigenvalue weighted by molar-refractivity contribution is 5.35. The molecule has 1 fully saturated rings. The highest BCUT2D eigenvalue weighted by Gasteiger charge is 2.43. The maximum atomic E-state index is 4.49. The fourth-order valence-corrected chi connectivity index (χ4v) is 3.98. The Balaban J connectivity index is 2.07. The molecule has 124 valence electrons. The average molecular weight is 313 g/mol. The van der Waals surface area contributed by atoms with E-state index in [9.17, 15) is 0 Å². The van der Waals surface area contributed by atoms with Gasteiger partial charge in [-0.1, -0.05) is 50.8 Å². The summed E-state index contributed by atoms with van der Waals surface area (Å²) in [7, 11) is 0. The van der Waals surface area contributed by atoms with Gasteiger partial charge in [-0.2, -0.15) is 4.68 Å². The number of aryl methyl sites for hydroxylation is 1. The molecule has 1 aliphatic rings. The van der Waals surface area contributed by atoms with Crippen molar-refractivity contribution >= 4 is 0 Å². The normalized spacial score (nSPS) is 17.6. The smallest absolute Gasteiger partial charge is 0.176 e. The molecule has 1 aromatic heterocycles. The summed E-state index contributed by atoms with van der Waals surface area (Å²) in [6, 6.07) is 8.44. The van der Waals surface area contributed by atoms with Crippen LogP contribution in [0.3, 0.4) is 0 Å². The second kappa shape index (κ2) is 6.79. The van der Waals surface area contributed by atoms with Gasteiger partial charge < -0.3 is 0 Å². The maximum Gasteiger partial charge on any atom is 0.176 e. The van der Waals surface area contributed by atoms with Crippen molar-refractivity contribution in [3.63, 3.8) is 0 Å². The molecule has 1 heterocycles. The lowest BCUT2D eigenvalue weighted by molar-refractivity contribution is 0.0463. The van der Waals surface area contributed by atoms with E-state index >= 15 is 0 Å². The number of benzene rings is 1. The molecule has 3 rings (SSSR count). The molecule has 0 unspecified atom stereocenters. The molecule has 5 heteroatoms. The van der Waals surface area contributed by atoms with Crippen LogP contribution in [0.1, 0.15) is 57.3 Å². The molecule has 0 spiro atoms. The summed E-state index contributed by atoms with van der Waals surface area (Å²) in [4.78, 5) is 2.54. The molecule has 0 saturated heterocycles. The van der Waals surface area contributed by atoms with Crippen molar-refractivity contribution in [2.45, 2.75) is 58.4 Å². The van der Waals surface area contributed by atoms with E-state index < -0.39 is 0 Å². The number of hydrogen-bond acceptors (Lipinski definition) is 4. The average Bonchev–Trinajstić information content (AvgIpc) is 3.08. The van der Waals surface area contributed by atoms with Crippen LogP contribution in [0.2, 0.25) is 0 Å². The second-order valence-electron chi connectivity index (χ2n) is 6.51. The van der Waals surface area contributed by atoms with E-state index in [1.54, 1.807) is 0 Å². The minimum Gasteiger partial charge on any atom is -0.291 e. The summed E-state index contributed by atoms with van der Waals surface area (Å²) >= 11 is 0. The Morgan fingerprint density at radius 1 is 1.04 bits per heavy atom. The minimum atomic E-state index is -0.0316. The molecule has 0 radical (unpaired) electrons. The van der Waals surface area contributed by atoms with Crippen LogP contribution < -0.4 is 0 Å². The van der Waals surface area contributed by atoms with Gasteiger partial charge in [-0.15, -0.1) is 5.10 Å². The molecule has 0 N–H and O–H groups in total. The number of hydrogen-bond donors (Lipinski definition) is 0. The van der Waals surface area contributed by atoms with Gasteiger partial charge in [-0.25, -0.2) is 0 Å². The molecular weight excluding hydrogens is 286 g/mol. The summed E-state index contributed by atoms with van der Waals surface area (Å²) in [6.07, 6.45) is 6.09. The van der Waals surface area contributed by atoms with E-state index in [-0.39, 0.29) is 5.54 Å². The monoisotopic (exact) mass is 313 g/mol. The maximum absolute atomic E-state index is 4.49. The highest BCUT2D eigenvalue weighted by atomic mass is 15.6. The van der Waals surface area contributed by atoms with Crippen molar-refractivity contribution in [2.24, 2.45) is 0 Å². The molecule has 1 aromatic carbocycles. The number of nitrogens with zero attached hydrogens (tertiary/aromatic N) is 5.